The fourth-order valence-electron chi connectivity index (χ4n) is 5.61. The Morgan fingerprint density at radius 3 is 2.55 bits per heavy atom. The lowest BCUT2D eigenvalue weighted by atomic mass is 9.97. The molecular weight excluding hydrogens is 537 g/mol. The molecule has 0 spiro atoms. The normalized spacial score (nSPS) is 16.1. The summed E-state index contributed by atoms with van der Waals surface area (Å²) < 4.78 is 1.74. The Bertz CT molecular complexity index is 1600. The molecule has 6 nitrogen and oxygen atoms in total. The van der Waals surface area contributed by atoms with Crippen molar-refractivity contribution in [2.75, 3.05) is 38.5 Å². The molecule has 0 unspecified atom stereocenters. The van der Waals surface area contributed by atoms with Crippen molar-refractivity contribution in [2.45, 2.75) is 37.8 Å². The van der Waals surface area contributed by atoms with Gasteiger partial charge in [-0.1, -0.05) is 72.4 Å². The van der Waals surface area contributed by atoms with Crippen LogP contribution in [-0.2, 0) is 17.6 Å². The van der Waals surface area contributed by atoms with Crippen molar-refractivity contribution in [2.24, 2.45) is 0 Å². The van der Waals surface area contributed by atoms with Gasteiger partial charge in [0.1, 0.15) is 4.83 Å². The second kappa shape index (κ2) is 12.1. The molecule has 1 aliphatic carbocycles. The highest BCUT2D eigenvalue weighted by atomic mass is 32.2. The number of carbonyl (C=O) groups excluding carboxylic acids is 1. The van der Waals surface area contributed by atoms with Crippen molar-refractivity contribution < 1.29 is 4.79 Å². The molecule has 40 heavy (non-hydrogen) atoms. The maximum atomic E-state index is 14.0. The molecule has 1 aliphatic heterocycles. The van der Waals surface area contributed by atoms with E-state index in [9.17, 15) is 9.59 Å². The van der Waals surface area contributed by atoms with Crippen molar-refractivity contribution in [1.29, 1.82) is 0 Å². The van der Waals surface area contributed by atoms with Crippen molar-refractivity contribution >= 4 is 45.3 Å². The third kappa shape index (κ3) is 5.66. The molecule has 2 aromatic carbocycles. The van der Waals surface area contributed by atoms with Gasteiger partial charge in [0, 0.05) is 37.6 Å². The molecule has 8 heteroatoms. The summed E-state index contributed by atoms with van der Waals surface area (Å²) in [4.78, 5) is 38.7. The maximum Gasteiger partial charge on any atom is 0.267 e. The molecular formula is C32H34N4O2S2. The average Bonchev–Trinajstić information content (AvgIpc) is 3.36. The zero-order valence-corrected chi connectivity index (χ0v) is 24.5. The van der Waals surface area contributed by atoms with Gasteiger partial charge in [-0.15, -0.1) is 11.3 Å². The molecule has 1 fully saturated rings. The quantitative estimate of drug-likeness (QED) is 0.214. The van der Waals surface area contributed by atoms with E-state index in [0.29, 0.717) is 18.2 Å². The summed E-state index contributed by atoms with van der Waals surface area (Å²) in [6, 6.07) is 18.2. The van der Waals surface area contributed by atoms with Gasteiger partial charge >= 0.3 is 0 Å². The molecule has 2 aliphatic rings. The molecule has 0 N–H and O–H groups in total. The minimum atomic E-state index is -0.00850. The second-order valence-electron chi connectivity index (χ2n) is 10.5. The van der Waals surface area contributed by atoms with Crippen molar-refractivity contribution in [1.82, 2.24) is 19.4 Å². The van der Waals surface area contributed by atoms with Crippen LogP contribution >= 0.6 is 23.1 Å². The van der Waals surface area contributed by atoms with Gasteiger partial charge in [0.2, 0.25) is 5.91 Å². The summed E-state index contributed by atoms with van der Waals surface area (Å²) in [5.74, 6) is 0.365. The molecule has 0 radical (unpaired) electrons. The van der Waals surface area contributed by atoms with E-state index in [4.69, 9.17) is 4.98 Å². The van der Waals surface area contributed by atoms with Crippen molar-refractivity contribution in [3.63, 3.8) is 0 Å². The summed E-state index contributed by atoms with van der Waals surface area (Å²) in [7, 11) is 0. The highest BCUT2D eigenvalue weighted by Gasteiger charge is 2.25. The smallest absolute Gasteiger partial charge is 0.267 e. The van der Waals surface area contributed by atoms with Crippen LogP contribution in [-0.4, -0.2) is 63.7 Å². The topological polar surface area (TPSA) is 58.4 Å². The van der Waals surface area contributed by atoms with Crippen molar-refractivity contribution in [3.05, 3.63) is 92.6 Å². The molecule has 0 bridgehead atoms. The first-order chi connectivity index (χ1) is 19.6. The zero-order valence-electron chi connectivity index (χ0n) is 22.8. The van der Waals surface area contributed by atoms with Gasteiger partial charge < -0.3 is 4.90 Å². The number of thioether (sulfide) groups is 1. The van der Waals surface area contributed by atoms with Crippen molar-refractivity contribution in [3.8, 4) is 5.69 Å². The lowest BCUT2D eigenvalue weighted by molar-refractivity contribution is -0.130. The van der Waals surface area contributed by atoms with Crippen LogP contribution in [0.2, 0.25) is 0 Å². The Morgan fingerprint density at radius 1 is 1.00 bits per heavy atom. The number of benzene rings is 2. The summed E-state index contributed by atoms with van der Waals surface area (Å²) in [5, 5.41) is 1.37. The van der Waals surface area contributed by atoms with Crippen LogP contribution in [0.5, 0.6) is 0 Å². The summed E-state index contributed by atoms with van der Waals surface area (Å²) in [6.45, 7) is 6.04. The molecule has 1 saturated heterocycles. The van der Waals surface area contributed by atoms with E-state index in [2.05, 4.69) is 29.2 Å². The molecule has 0 saturated carbocycles. The van der Waals surface area contributed by atoms with Gasteiger partial charge in [-0.2, -0.15) is 0 Å². The first-order valence-corrected chi connectivity index (χ1v) is 15.9. The fraction of sp³-hybridized carbons (Fsp3) is 0.344. The average molecular weight is 571 g/mol. The number of para-hydroxylation sites is 1. The first kappa shape index (κ1) is 27.0. The molecule has 6 rings (SSSR count). The highest BCUT2D eigenvalue weighted by molar-refractivity contribution is 7.99. The number of piperazine rings is 1. The fourth-order valence-corrected chi connectivity index (χ4v) is 7.82. The van der Waals surface area contributed by atoms with Crippen LogP contribution in [0.4, 0.5) is 0 Å². The van der Waals surface area contributed by atoms with E-state index in [1.165, 1.54) is 34.2 Å². The predicted octanol–water partition coefficient (Wildman–Crippen LogP) is 5.58. The molecule has 4 aromatic rings. The first-order valence-electron chi connectivity index (χ1n) is 14.1. The number of nitrogens with zero attached hydrogens (tertiary/aromatic N) is 4. The van der Waals surface area contributed by atoms with Gasteiger partial charge in [-0.25, -0.2) is 4.98 Å². The maximum absolute atomic E-state index is 14.0. The number of aromatic nitrogens is 2. The number of amides is 1. The van der Waals surface area contributed by atoms with E-state index in [-0.39, 0.29) is 17.2 Å². The number of thiophene rings is 1. The minimum Gasteiger partial charge on any atom is -0.339 e. The molecule has 206 valence electrons. The van der Waals surface area contributed by atoms with Gasteiger partial charge in [0.05, 0.1) is 16.8 Å². The number of carbonyl (C=O) groups is 1. The number of fused-ring (bicyclic) bond motifs is 3. The van der Waals surface area contributed by atoms with E-state index in [0.717, 1.165) is 60.4 Å². The third-order valence-electron chi connectivity index (χ3n) is 7.84. The van der Waals surface area contributed by atoms with Gasteiger partial charge in [-0.3, -0.25) is 19.1 Å². The number of hydrogen-bond acceptors (Lipinski definition) is 6. The van der Waals surface area contributed by atoms with Crippen LogP contribution in [0.1, 0.15) is 34.4 Å². The van der Waals surface area contributed by atoms with Crippen LogP contribution < -0.4 is 5.56 Å². The lowest BCUT2D eigenvalue weighted by Crippen LogP contribution is -2.49. The van der Waals surface area contributed by atoms with Gasteiger partial charge in [-0.05, 0) is 55.4 Å². The molecule has 2 aromatic heterocycles. The second-order valence-corrected chi connectivity index (χ2v) is 12.5. The largest absolute Gasteiger partial charge is 0.339 e. The Labute approximate surface area is 243 Å². The molecule has 1 amide bonds. The zero-order chi connectivity index (χ0) is 27.5. The SMILES string of the molecule is Cc1ccccc1-n1c(SCC(=O)N2CCN(C/C=C/c3ccccc3)CC2)nc2sc3c(c2c1=O)CCCC3. The van der Waals surface area contributed by atoms with E-state index in [1.54, 1.807) is 15.9 Å². The predicted molar refractivity (Wildman–Crippen MR) is 166 cm³/mol. The van der Waals surface area contributed by atoms with Crippen LogP contribution in [0.25, 0.3) is 22.0 Å². The Morgan fingerprint density at radius 2 is 1.75 bits per heavy atom. The van der Waals surface area contributed by atoms with Gasteiger partial charge in [0.25, 0.3) is 5.56 Å². The number of hydrogen-bond donors (Lipinski definition) is 0. The molecule has 3 heterocycles. The Balaban J connectivity index is 1.16. The minimum absolute atomic E-state index is 0.00850. The lowest BCUT2D eigenvalue weighted by Gasteiger charge is -2.34. The number of rotatable bonds is 7. The van der Waals surface area contributed by atoms with Crippen LogP contribution in [0, 0.1) is 6.92 Å². The summed E-state index contributed by atoms with van der Waals surface area (Å²) in [5.41, 5.74) is 4.23. The Hall–Kier alpha value is -3.20. The monoisotopic (exact) mass is 570 g/mol. The highest BCUT2D eigenvalue weighted by Crippen LogP contribution is 2.35. The van der Waals surface area contributed by atoms with E-state index >= 15 is 0 Å². The van der Waals surface area contributed by atoms with Gasteiger partial charge in [0.15, 0.2) is 5.16 Å². The van der Waals surface area contributed by atoms with E-state index < -0.39 is 0 Å². The van der Waals surface area contributed by atoms with Crippen LogP contribution in [0.15, 0.2) is 70.6 Å². The standard InChI is InChI=1S/C32H34N4O2S2/c1-23-10-5-7-15-26(23)36-31(38)29-25-14-6-8-16-27(25)40-30(29)33-32(36)39-22-28(37)35-20-18-34(19-21-35)17-9-13-24-11-3-2-4-12-24/h2-5,7,9-13,15H,6,8,14,16-22H2,1H3/b13-9+. The Kier molecular flexibility index (Phi) is 8.18. The summed E-state index contributed by atoms with van der Waals surface area (Å²) in [6.07, 6.45) is 8.59. The number of aryl methyl sites for hydroxylation is 3. The molecule has 0 atom stereocenters. The summed E-state index contributed by atoms with van der Waals surface area (Å²) >= 11 is 3.04. The van der Waals surface area contributed by atoms with Crippen LogP contribution in [0.3, 0.4) is 0 Å². The third-order valence-corrected chi connectivity index (χ3v) is 9.95. The van der Waals surface area contributed by atoms with E-state index in [1.807, 2.05) is 54.3 Å².